The average Bonchev–Trinajstić information content (AvgIpc) is 2.43. The van der Waals surface area contributed by atoms with Crippen LogP contribution in [0.2, 0.25) is 0 Å². The lowest BCUT2D eigenvalue weighted by atomic mass is 10.2. The summed E-state index contributed by atoms with van der Waals surface area (Å²) < 4.78 is 0. The van der Waals surface area contributed by atoms with Gasteiger partial charge in [-0.1, -0.05) is 0 Å². The molecule has 1 aliphatic carbocycles. The van der Waals surface area contributed by atoms with E-state index >= 15 is 0 Å². The summed E-state index contributed by atoms with van der Waals surface area (Å²) >= 11 is 1.89. The van der Waals surface area contributed by atoms with Crippen LogP contribution in [0.5, 0.6) is 0 Å². The number of aliphatic hydroxyl groups is 1. The fraction of sp³-hybridized carbons (Fsp3) is 0.600. The highest BCUT2D eigenvalue weighted by Crippen LogP contribution is 2.31. The molecule has 0 aliphatic heterocycles. The Hall–Kier alpha value is -0.340. The zero-order valence-corrected chi connectivity index (χ0v) is 8.16. The van der Waals surface area contributed by atoms with E-state index in [4.69, 9.17) is 0 Å². The predicted molar refractivity (Wildman–Crippen MR) is 51.7 cm³/mol. The normalized spacial score (nSPS) is 17.8. The van der Waals surface area contributed by atoms with Crippen molar-refractivity contribution >= 4 is 11.3 Å². The molecule has 0 bridgehead atoms. The molecule has 0 fully saturated rings. The molecule has 0 spiro atoms. The van der Waals surface area contributed by atoms with E-state index in [-0.39, 0.29) is 6.10 Å². The number of thiophene rings is 1. The van der Waals surface area contributed by atoms with Gasteiger partial charge in [0.05, 0.1) is 6.10 Å². The lowest BCUT2D eigenvalue weighted by Crippen LogP contribution is -2.02. The Balaban J connectivity index is 2.15. The van der Waals surface area contributed by atoms with Crippen LogP contribution in [0, 0.1) is 0 Å². The molecule has 1 aromatic heterocycles. The number of rotatable bonds is 2. The minimum Gasteiger partial charge on any atom is -0.393 e. The van der Waals surface area contributed by atoms with Crippen LogP contribution >= 0.6 is 11.3 Å². The van der Waals surface area contributed by atoms with Gasteiger partial charge in [0.25, 0.3) is 0 Å². The lowest BCUT2D eigenvalue weighted by Gasteiger charge is -1.99. The Bertz CT molecular complexity index is 254. The molecule has 12 heavy (non-hydrogen) atoms. The number of fused-ring (bicyclic) bond motifs is 1. The van der Waals surface area contributed by atoms with Crippen LogP contribution in [0.1, 0.15) is 28.7 Å². The molecular weight excluding hydrogens is 168 g/mol. The van der Waals surface area contributed by atoms with Gasteiger partial charge in [0.2, 0.25) is 0 Å². The third kappa shape index (κ3) is 1.54. The highest BCUT2D eigenvalue weighted by Gasteiger charge is 2.14. The molecule has 1 heterocycles. The smallest absolute Gasteiger partial charge is 0.0560 e. The molecular formula is C10H14OS. The van der Waals surface area contributed by atoms with E-state index in [1.807, 2.05) is 18.3 Å². The van der Waals surface area contributed by atoms with E-state index < -0.39 is 0 Å². The molecule has 2 heteroatoms. The van der Waals surface area contributed by atoms with Gasteiger partial charge in [0, 0.05) is 16.2 Å². The van der Waals surface area contributed by atoms with E-state index in [1.165, 1.54) is 29.7 Å². The molecule has 2 rings (SSSR count). The second-order valence-corrected chi connectivity index (χ2v) is 4.79. The lowest BCUT2D eigenvalue weighted by molar-refractivity contribution is 0.196. The first-order chi connectivity index (χ1) is 5.75. The molecule has 1 N–H and O–H groups in total. The van der Waals surface area contributed by atoms with Crippen molar-refractivity contribution < 1.29 is 5.11 Å². The molecule has 1 aliphatic rings. The summed E-state index contributed by atoms with van der Waals surface area (Å²) in [4.78, 5) is 2.92. The maximum atomic E-state index is 9.20. The zero-order valence-electron chi connectivity index (χ0n) is 7.34. The number of aliphatic hydroxyl groups excluding tert-OH is 1. The summed E-state index contributed by atoms with van der Waals surface area (Å²) in [6.07, 6.45) is 4.49. The van der Waals surface area contributed by atoms with Crippen molar-refractivity contribution in [1.82, 2.24) is 0 Å². The highest BCUT2D eigenvalue weighted by atomic mass is 32.1. The summed E-state index contributed by atoms with van der Waals surface area (Å²) in [7, 11) is 0. The summed E-state index contributed by atoms with van der Waals surface area (Å²) in [6, 6.07) is 2.28. The summed E-state index contributed by atoms with van der Waals surface area (Å²) in [5.41, 5.74) is 1.54. The van der Waals surface area contributed by atoms with Crippen molar-refractivity contribution in [3.8, 4) is 0 Å². The molecule has 1 atom stereocenters. The minimum absolute atomic E-state index is 0.191. The second-order valence-electron chi connectivity index (χ2n) is 3.57. The Morgan fingerprint density at radius 2 is 2.42 bits per heavy atom. The number of aryl methyl sites for hydroxylation is 2. The Kier molecular flexibility index (Phi) is 2.20. The summed E-state index contributed by atoms with van der Waals surface area (Å²) in [5.74, 6) is 0. The summed E-state index contributed by atoms with van der Waals surface area (Å²) in [5, 5.41) is 9.20. The van der Waals surface area contributed by atoms with Gasteiger partial charge in [-0.25, -0.2) is 0 Å². The van der Waals surface area contributed by atoms with Gasteiger partial charge in [0.15, 0.2) is 0 Å². The molecule has 0 radical (unpaired) electrons. The van der Waals surface area contributed by atoms with E-state index in [2.05, 4.69) is 6.07 Å². The predicted octanol–water partition coefficient (Wildman–Crippen LogP) is 2.16. The third-order valence-corrected chi connectivity index (χ3v) is 3.55. The van der Waals surface area contributed by atoms with Crippen LogP contribution in [-0.4, -0.2) is 11.2 Å². The molecule has 66 valence electrons. The van der Waals surface area contributed by atoms with Gasteiger partial charge in [-0.3, -0.25) is 0 Å². The minimum atomic E-state index is -0.191. The fourth-order valence-corrected chi connectivity index (χ4v) is 3.16. The molecule has 0 unspecified atom stereocenters. The zero-order chi connectivity index (χ0) is 8.55. The second kappa shape index (κ2) is 3.19. The standard InChI is InChI=1S/C10H14OS/c1-7(11)5-9-6-8-3-2-4-10(8)12-9/h6-7,11H,2-5H2,1H3/t7-/m0/s1. The molecule has 0 saturated carbocycles. The number of hydrogen-bond acceptors (Lipinski definition) is 2. The van der Waals surface area contributed by atoms with Crippen molar-refractivity contribution in [2.75, 3.05) is 0 Å². The van der Waals surface area contributed by atoms with Crippen LogP contribution < -0.4 is 0 Å². The van der Waals surface area contributed by atoms with E-state index in [9.17, 15) is 5.11 Å². The Morgan fingerprint density at radius 3 is 3.08 bits per heavy atom. The van der Waals surface area contributed by atoms with Gasteiger partial charge in [-0.05, 0) is 37.8 Å². The molecule has 1 aromatic rings. The van der Waals surface area contributed by atoms with E-state index in [0.29, 0.717) is 0 Å². The van der Waals surface area contributed by atoms with Gasteiger partial charge in [-0.15, -0.1) is 11.3 Å². The van der Waals surface area contributed by atoms with E-state index in [0.717, 1.165) is 6.42 Å². The molecule has 0 saturated heterocycles. The van der Waals surface area contributed by atoms with Gasteiger partial charge >= 0.3 is 0 Å². The first-order valence-corrected chi connectivity index (χ1v) is 5.36. The molecule has 0 aromatic carbocycles. The maximum Gasteiger partial charge on any atom is 0.0560 e. The number of hydrogen-bond donors (Lipinski definition) is 1. The first-order valence-electron chi connectivity index (χ1n) is 4.54. The third-order valence-electron chi connectivity index (χ3n) is 2.29. The topological polar surface area (TPSA) is 20.2 Å². The van der Waals surface area contributed by atoms with Crippen molar-refractivity contribution in [2.24, 2.45) is 0 Å². The van der Waals surface area contributed by atoms with Crippen molar-refractivity contribution in [3.63, 3.8) is 0 Å². The van der Waals surface area contributed by atoms with Crippen LogP contribution in [-0.2, 0) is 19.3 Å². The van der Waals surface area contributed by atoms with Gasteiger partial charge in [0.1, 0.15) is 0 Å². The monoisotopic (exact) mass is 182 g/mol. The highest BCUT2D eigenvalue weighted by molar-refractivity contribution is 7.12. The fourth-order valence-electron chi connectivity index (χ4n) is 1.78. The Morgan fingerprint density at radius 1 is 1.58 bits per heavy atom. The van der Waals surface area contributed by atoms with Gasteiger partial charge < -0.3 is 5.11 Å². The maximum absolute atomic E-state index is 9.20. The van der Waals surface area contributed by atoms with Crippen molar-refractivity contribution in [3.05, 3.63) is 21.4 Å². The largest absolute Gasteiger partial charge is 0.393 e. The van der Waals surface area contributed by atoms with Crippen LogP contribution in [0.15, 0.2) is 6.07 Å². The van der Waals surface area contributed by atoms with Crippen LogP contribution in [0.3, 0.4) is 0 Å². The average molecular weight is 182 g/mol. The molecule has 1 nitrogen and oxygen atoms in total. The summed E-state index contributed by atoms with van der Waals surface area (Å²) in [6.45, 7) is 1.85. The molecule has 0 amide bonds. The first kappa shape index (κ1) is 8.27. The Labute approximate surface area is 77.0 Å². The van der Waals surface area contributed by atoms with E-state index in [1.54, 1.807) is 4.88 Å². The quantitative estimate of drug-likeness (QED) is 0.743. The van der Waals surface area contributed by atoms with Crippen molar-refractivity contribution in [2.45, 2.75) is 38.7 Å². The van der Waals surface area contributed by atoms with Gasteiger partial charge in [-0.2, -0.15) is 0 Å². The van der Waals surface area contributed by atoms with Crippen molar-refractivity contribution in [1.29, 1.82) is 0 Å². The van der Waals surface area contributed by atoms with Crippen LogP contribution in [0.4, 0.5) is 0 Å². The van der Waals surface area contributed by atoms with Crippen LogP contribution in [0.25, 0.3) is 0 Å². The SMILES string of the molecule is C[C@H](O)Cc1cc2c(s1)CCC2.